The Morgan fingerprint density at radius 3 is 2.34 bits per heavy atom. The molecule has 0 atom stereocenters. The molecule has 0 saturated carbocycles. The second-order valence-electron chi connectivity index (χ2n) is 12.8. The van der Waals surface area contributed by atoms with Gasteiger partial charge in [-0.1, -0.05) is 62.7 Å². The third kappa shape index (κ3) is 7.36. The summed E-state index contributed by atoms with van der Waals surface area (Å²) < 4.78 is 8.01. The van der Waals surface area contributed by atoms with Crippen LogP contribution in [0.5, 0.6) is 11.5 Å². The number of anilines is 3. The molecule has 3 heterocycles. The number of hydrogen-bond acceptors (Lipinski definition) is 6. The summed E-state index contributed by atoms with van der Waals surface area (Å²) in [6.45, 7) is 9.25. The summed E-state index contributed by atoms with van der Waals surface area (Å²) in [6, 6.07) is 23.8. The maximum absolute atomic E-state index is 13.4. The predicted molar refractivity (Wildman–Crippen MR) is 184 cm³/mol. The van der Waals surface area contributed by atoms with Crippen LogP contribution in [-0.2, 0) is 5.41 Å². The van der Waals surface area contributed by atoms with E-state index in [1.54, 1.807) is 40.0 Å². The van der Waals surface area contributed by atoms with Crippen LogP contribution in [0.25, 0.3) is 16.5 Å². The van der Waals surface area contributed by atoms with Crippen LogP contribution in [0.2, 0.25) is 0 Å². The molecule has 1 fully saturated rings. The molecule has 1 aliphatic rings. The van der Waals surface area contributed by atoms with E-state index in [0.29, 0.717) is 54.8 Å². The number of pyridine rings is 1. The number of aryl methyl sites for hydroxylation is 1. The number of nitrogens with zero attached hydrogens (tertiary/aromatic N) is 4. The molecule has 6 rings (SSSR count). The molecular weight excluding hydrogens is 594 g/mol. The van der Waals surface area contributed by atoms with Crippen LogP contribution in [0.15, 0.2) is 85.1 Å². The van der Waals surface area contributed by atoms with Crippen LogP contribution in [0, 0.1) is 6.92 Å². The van der Waals surface area contributed by atoms with Crippen molar-refractivity contribution in [3.63, 3.8) is 0 Å². The molecule has 11 heteroatoms. The zero-order valence-corrected chi connectivity index (χ0v) is 26.9. The number of aromatic nitrogens is 3. The molecule has 0 aliphatic carbocycles. The number of aliphatic hydroxyl groups excluding tert-OH is 1. The van der Waals surface area contributed by atoms with Gasteiger partial charge in [-0.15, -0.1) is 0 Å². The van der Waals surface area contributed by atoms with Crippen LogP contribution < -0.4 is 20.7 Å². The van der Waals surface area contributed by atoms with Gasteiger partial charge in [0.25, 0.3) is 0 Å². The van der Waals surface area contributed by atoms with Gasteiger partial charge in [0.1, 0.15) is 23.1 Å². The summed E-state index contributed by atoms with van der Waals surface area (Å²) in [4.78, 5) is 32.1. The van der Waals surface area contributed by atoms with E-state index in [-0.39, 0.29) is 17.6 Å². The van der Waals surface area contributed by atoms with Crippen LogP contribution in [0.3, 0.4) is 0 Å². The number of carbonyl (C=O) groups is 2. The maximum Gasteiger partial charge on any atom is 0.324 e. The van der Waals surface area contributed by atoms with E-state index in [9.17, 15) is 14.7 Å². The van der Waals surface area contributed by atoms with Gasteiger partial charge in [-0.2, -0.15) is 5.10 Å². The number of aliphatic hydroxyl groups is 1. The number of amides is 4. The largest absolute Gasteiger partial charge is 0.457 e. The van der Waals surface area contributed by atoms with E-state index in [1.807, 2.05) is 61.5 Å². The second-order valence-corrected chi connectivity index (χ2v) is 12.8. The van der Waals surface area contributed by atoms with Crippen molar-refractivity contribution >= 4 is 40.2 Å². The van der Waals surface area contributed by atoms with Crippen molar-refractivity contribution in [2.24, 2.45) is 0 Å². The number of carbonyl (C=O) groups excluding carboxylic acids is 2. The number of piperidine rings is 1. The van der Waals surface area contributed by atoms with Crippen LogP contribution in [0.4, 0.5) is 26.9 Å². The summed E-state index contributed by atoms with van der Waals surface area (Å²) in [7, 11) is 0. The number of urea groups is 2. The number of hydrogen-bond donors (Lipinski definition) is 4. The van der Waals surface area contributed by atoms with Gasteiger partial charge in [0, 0.05) is 47.6 Å². The molecule has 2 aromatic heterocycles. The molecule has 4 amide bonds. The predicted octanol–water partition coefficient (Wildman–Crippen LogP) is 7.45. The summed E-state index contributed by atoms with van der Waals surface area (Å²) in [5, 5.41) is 24.9. The van der Waals surface area contributed by atoms with E-state index >= 15 is 0 Å². The van der Waals surface area contributed by atoms with Gasteiger partial charge >= 0.3 is 12.1 Å². The lowest BCUT2D eigenvalue weighted by Crippen LogP contribution is -2.42. The minimum absolute atomic E-state index is 0.214. The van der Waals surface area contributed by atoms with Crippen molar-refractivity contribution in [3.05, 3.63) is 96.3 Å². The van der Waals surface area contributed by atoms with Crippen molar-refractivity contribution in [2.75, 3.05) is 29.0 Å². The highest BCUT2D eigenvalue weighted by Crippen LogP contribution is 2.35. The minimum Gasteiger partial charge on any atom is -0.457 e. The van der Waals surface area contributed by atoms with Crippen molar-refractivity contribution in [2.45, 2.75) is 52.1 Å². The Labute approximate surface area is 273 Å². The van der Waals surface area contributed by atoms with Crippen molar-refractivity contribution in [1.82, 2.24) is 19.7 Å². The third-order valence-electron chi connectivity index (χ3n) is 8.08. The Morgan fingerprint density at radius 2 is 1.62 bits per heavy atom. The molecule has 47 heavy (non-hydrogen) atoms. The van der Waals surface area contributed by atoms with E-state index in [1.165, 1.54) is 0 Å². The molecule has 0 unspecified atom stereocenters. The first-order chi connectivity index (χ1) is 22.5. The smallest absolute Gasteiger partial charge is 0.324 e. The molecule has 5 aromatic rings. The monoisotopic (exact) mass is 633 g/mol. The lowest BCUT2D eigenvalue weighted by atomic mass is 9.92. The molecule has 0 spiro atoms. The van der Waals surface area contributed by atoms with E-state index in [4.69, 9.17) is 9.84 Å². The number of rotatable bonds is 6. The Hall–Kier alpha value is -5.42. The van der Waals surface area contributed by atoms with Gasteiger partial charge in [0.15, 0.2) is 0 Å². The minimum atomic E-state index is -0.407. The fourth-order valence-corrected chi connectivity index (χ4v) is 5.39. The fourth-order valence-electron chi connectivity index (χ4n) is 5.39. The van der Waals surface area contributed by atoms with Gasteiger partial charge < -0.3 is 20.1 Å². The van der Waals surface area contributed by atoms with Gasteiger partial charge in [-0.25, -0.2) is 19.3 Å². The SMILES string of the molecule is Cc1ccc(-n2nc(C(C)(C)C)cc2NC(=O)Nc2ccc(Oc3ccnc(NC(=O)N4CCC(O)CC4)c3)c3ccccc23)cc1. The van der Waals surface area contributed by atoms with Gasteiger partial charge in [-0.3, -0.25) is 10.6 Å². The highest BCUT2D eigenvalue weighted by Gasteiger charge is 2.23. The summed E-state index contributed by atoms with van der Waals surface area (Å²) in [5.74, 6) is 1.98. The van der Waals surface area contributed by atoms with Gasteiger partial charge in [0.2, 0.25) is 0 Å². The van der Waals surface area contributed by atoms with Crippen molar-refractivity contribution in [3.8, 4) is 17.2 Å². The standard InChI is InChI=1S/C36H39N7O4/c1-23-9-11-24(12-10-23)43-33(22-31(41-43)36(2,3)4)40-34(45)38-29-13-14-30(28-8-6-5-7-27(28)29)47-26-15-18-37-32(21-26)39-35(46)42-19-16-25(44)17-20-42/h5-15,18,21-22,25,44H,16-17,19-20H2,1-4H3,(H,37,39,46)(H2,38,40,45). The van der Waals surface area contributed by atoms with Crippen LogP contribution in [-0.4, -0.2) is 56.0 Å². The highest BCUT2D eigenvalue weighted by molar-refractivity contribution is 6.07. The van der Waals surface area contributed by atoms with Crippen molar-refractivity contribution < 1.29 is 19.4 Å². The molecule has 3 aromatic carbocycles. The second kappa shape index (κ2) is 13.1. The zero-order valence-electron chi connectivity index (χ0n) is 26.9. The number of ether oxygens (including phenoxy) is 1. The average Bonchev–Trinajstić information content (AvgIpc) is 3.47. The van der Waals surface area contributed by atoms with Gasteiger partial charge in [-0.05, 0) is 50.1 Å². The maximum atomic E-state index is 13.4. The first-order valence-corrected chi connectivity index (χ1v) is 15.7. The lowest BCUT2D eigenvalue weighted by Gasteiger charge is -2.29. The number of likely N-dealkylation sites (tertiary alicyclic amines) is 1. The topological polar surface area (TPSA) is 134 Å². The average molecular weight is 634 g/mol. The number of fused-ring (bicyclic) bond motifs is 1. The molecular formula is C36H39N7O4. The summed E-state index contributed by atoms with van der Waals surface area (Å²) >= 11 is 0. The third-order valence-corrected chi connectivity index (χ3v) is 8.08. The van der Waals surface area contributed by atoms with E-state index in [0.717, 1.165) is 27.7 Å². The molecule has 1 saturated heterocycles. The van der Waals surface area contributed by atoms with Crippen LogP contribution in [0.1, 0.15) is 44.9 Å². The molecule has 1 aliphatic heterocycles. The summed E-state index contributed by atoms with van der Waals surface area (Å²) in [6.07, 6.45) is 2.31. The molecule has 0 radical (unpaired) electrons. The fraction of sp³-hybridized carbons (Fsp3) is 0.278. The molecule has 242 valence electrons. The Kier molecular flexibility index (Phi) is 8.82. The highest BCUT2D eigenvalue weighted by atomic mass is 16.5. The first kappa shape index (κ1) is 31.6. The number of nitrogens with one attached hydrogen (secondary N) is 3. The Balaban J connectivity index is 1.19. The molecule has 0 bridgehead atoms. The first-order valence-electron chi connectivity index (χ1n) is 15.7. The van der Waals surface area contributed by atoms with E-state index in [2.05, 4.69) is 41.7 Å². The Morgan fingerprint density at radius 1 is 0.894 bits per heavy atom. The Bertz CT molecular complexity index is 1910. The molecule has 4 N–H and O–H groups in total. The number of benzene rings is 3. The normalized spacial score (nSPS) is 13.8. The quantitative estimate of drug-likeness (QED) is 0.153. The zero-order chi connectivity index (χ0) is 33.1. The van der Waals surface area contributed by atoms with Crippen LogP contribution >= 0.6 is 0 Å². The van der Waals surface area contributed by atoms with E-state index < -0.39 is 6.03 Å². The molecule has 11 nitrogen and oxygen atoms in total. The summed E-state index contributed by atoms with van der Waals surface area (Å²) in [5.41, 5.74) is 3.23. The lowest BCUT2D eigenvalue weighted by molar-refractivity contribution is 0.0972. The van der Waals surface area contributed by atoms with Gasteiger partial charge in [0.05, 0.1) is 23.2 Å². The van der Waals surface area contributed by atoms with Crippen molar-refractivity contribution in [1.29, 1.82) is 0 Å².